The monoisotopic (exact) mass is 642 g/mol. The number of aliphatic hydroxyl groups is 1. The lowest BCUT2D eigenvalue weighted by Crippen LogP contribution is -2.56. The summed E-state index contributed by atoms with van der Waals surface area (Å²) in [6.45, 7) is 1.61. The van der Waals surface area contributed by atoms with Crippen LogP contribution in [0.2, 0.25) is 5.02 Å². The third-order valence-corrected chi connectivity index (χ3v) is 8.53. The molecule has 4 aromatic carbocycles. The van der Waals surface area contributed by atoms with E-state index in [2.05, 4.69) is 10.6 Å². The molecule has 2 amide bonds. The van der Waals surface area contributed by atoms with Crippen molar-refractivity contribution in [3.63, 3.8) is 0 Å². The lowest BCUT2D eigenvalue weighted by molar-refractivity contribution is -0.150. The van der Waals surface area contributed by atoms with Crippen LogP contribution in [0.15, 0.2) is 97.1 Å². The minimum absolute atomic E-state index is 0.167. The van der Waals surface area contributed by atoms with Gasteiger partial charge in [-0.05, 0) is 55.0 Å². The number of hydrogen-bond acceptors (Lipinski definition) is 7. The zero-order valence-electron chi connectivity index (χ0n) is 25.7. The van der Waals surface area contributed by atoms with E-state index in [1.165, 1.54) is 21.1 Å². The van der Waals surface area contributed by atoms with Gasteiger partial charge in [0, 0.05) is 22.9 Å². The molecule has 1 saturated carbocycles. The number of rotatable bonds is 10. The van der Waals surface area contributed by atoms with Gasteiger partial charge in [0.15, 0.2) is 0 Å². The van der Waals surface area contributed by atoms with Crippen LogP contribution in [-0.2, 0) is 21.0 Å². The maximum atomic E-state index is 14.2. The van der Waals surface area contributed by atoms with Crippen LogP contribution in [0.4, 0.5) is 11.4 Å². The Balaban J connectivity index is 1.56. The Kier molecular flexibility index (Phi) is 9.94. The van der Waals surface area contributed by atoms with Crippen LogP contribution >= 0.6 is 11.6 Å². The molecule has 238 valence electrons. The molecule has 0 radical (unpaired) electrons. The van der Waals surface area contributed by atoms with E-state index in [9.17, 15) is 19.5 Å². The fourth-order valence-corrected chi connectivity index (χ4v) is 6.19. The Morgan fingerprint density at radius 3 is 2.07 bits per heavy atom. The van der Waals surface area contributed by atoms with E-state index < -0.39 is 47.4 Å². The molecule has 0 aromatic heterocycles. The number of carbonyl (C=O) groups excluding carboxylic acids is 3. The summed E-state index contributed by atoms with van der Waals surface area (Å²) >= 11 is 6.32. The zero-order chi connectivity index (χ0) is 32.8. The van der Waals surface area contributed by atoms with Crippen LogP contribution < -0.4 is 24.8 Å². The van der Waals surface area contributed by atoms with E-state index >= 15 is 0 Å². The molecule has 1 aliphatic carbocycles. The molecule has 3 N–H and O–H groups in total. The molecule has 46 heavy (non-hydrogen) atoms. The molecule has 4 aromatic rings. The summed E-state index contributed by atoms with van der Waals surface area (Å²) < 4.78 is 16.9. The minimum Gasteiger partial charge on any atom is -0.495 e. The van der Waals surface area contributed by atoms with E-state index in [1.807, 2.05) is 18.2 Å². The van der Waals surface area contributed by atoms with Crippen molar-refractivity contribution >= 4 is 40.6 Å². The molecule has 1 fully saturated rings. The van der Waals surface area contributed by atoms with E-state index in [-0.39, 0.29) is 6.61 Å². The quantitative estimate of drug-likeness (QED) is 0.175. The molecule has 0 heterocycles. The summed E-state index contributed by atoms with van der Waals surface area (Å²) in [4.78, 5) is 42.0. The van der Waals surface area contributed by atoms with Crippen LogP contribution in [0.25, 0.3) is 0 Å². The number of para-hydroxylation sites is 4. The average Bonchev–Trinajstić information content (AvgIpc) is 3.04. The van der Waals surface area contributed by atoms with Crippen LogP contribution in [-0.4, -0.2) is 42.5 Å². The second-order valence-electron chi connectivity index (χ2n) is 11.3. The second-order valence-corrected chi connectivity index (χ2v) is 11.7. The Morgan fingerprint density at radius 1 is 0.848 bits per heavy atom. The fraction of sp³-hybridized carbons (Fsp3) is 0.250. The number of nitrogens with one attached hydrogen (secondary N) is 2. The SMILES string of the molecule is COc1ccccc1NC(=O)C1C(=O)CC(C)(O)C(C(=O)Nc2ccccc2OC)C1c1cccc(OCc2ccccc2Cl)c1. The number of hydrogen-bond donors (Lipinski definition) is 3. The predicted octanol–water partition coefficient (Wildman–Crippen LogP) is 6.25. The first-order valence-electron chi connectivity index (χ1n) is 14.7. The Hall–Kier alpha value is -4.86. The number of ether oxygens (including phenoxy) is 3. The molecule has 4 atom stereocenters. The Bertz CT molecular complexity index is 1740. The maximum absolute atomic E-state index is 14.2. The number of amides is 2. The van der Waals surface area contributed by atoms with Crippen molar-refractivity contribution in [2.45, 2.75) is 31.5 Å². The zero-order valence-corrected chi connectivity index (χ0v) is 26.4. The van der Waals surface area contributed by atoms with E-state index in [0.29, 0.717) is 39.2 Å². The summed E-state index contributed by atoms with van der Waals surface area (Å²) in [5.41, 5.74) is 0.182. The second kappa shape index (κ2) is 14.1. The number of benzene rings is 4. The van der Waals surface area contributed by atoms with Crippen molar-refractivity contribution in [3.8, 4) is 17.2 Å². The topological polar surface area (TPSA) is 123 Å². The highest BCUT2D eigenvalue weighted by atomic mass is 35.5. The first-order chi connectivity index (χ1) is 22.1. The number of halogens is 1. The molecule has 4 unspecified atom stereocenters. The van der Waals surface area contributed by atoms with E-state index in [0.717, 1.165) is 5.56 Å². The lowest BCUT2D eigenvalue weighted by Gasteiger charge is -2.44. The Morgan fingerprint density at radius 2 is 1.43 bits per heavy atom. The van der Waals surface area contributed by atoms with Gasteiger partial charge in [-0.25, -0.2) is 0 Å². The highest BCUT2D eigenvalue weighted by molar-refractivity contribution is 6.31. The summed E-state index contributed by atoms with van der Waals surface area (Å²) in [5.74, 6) is -4.11. The highest BCUT2D eigenvalue weighted by Gasteiger charge is 2.56. The first kappa shape index (κ1) is 32.5. The van der Waals surface area contributed by atoms with Gasteiger partial charge in [-0.2, -0.15) is 0 Å². The first-order valence-corrected chi connectivity index (χ1v) is 15.1. The minimum atomic E-state index is -1.80. The smallest absolute Gasteiger partial charge is 0.235 e. The summed E-state index contributed by atoms with van der Waals surface area (Å²) in [7, 11) is 2.96. The van der Waals surface area contributed by atoms with Crippen LogP contribution in [0.1, 0.15) is 30.4 Å². The van der Waals surface area contributed by atoms with Gasteiger partial charge in [0.1, 0.15) is 35.6 Å². The molecular weight excluding hydrogens is 608 g/mol. The maximum Gasteiger partial charge on any atom is 0.235 e. The molecule has 1 aliphatic rings. The standard InChI is InChI=1S/C36H35ClN2O7/c1-36(43)20-28(40)32(34(41)38-26-15-6-8-17-29(26)44-2)31(33(36)35(42)39-27-16-7-9-18-30(27)45-3)22-12-10-13-24(19-22)46-21-23-11-4-5-14-25(23)37/h4-19,31-33,43H,20-21H2,1-3H3,(H,38,41)(H,39,42). The van der Waals surface area contributed by atoms with Gasteiger partial charge in [-0.1, -0.05) is 66.2 Å². The average molecular weight is 643 g/mol. The number of carbonyl (C=O) groups is 3. The third-order valence-electron chi connectivity index (χ3n) is 8.16. The van der Waals surface area contributed by atoms with Crippen molar-refractivity contribution in [1.82, 2.24) is 0 Å². The largest absolute Gasteiger partial charge is 0.495 e. The van der Waals surface area contributed by atoms with Crippen molar-refractivity contribution in [2.75, 3.05) is 24.9 Å². The van der Waals surface area contributed by atoms with Crippen molar-refractivity contribution in [1.29, 1.82) is 0 Å². The third kappa shape index (κ3) is 7.01. The predicted molar refractivity (Wildman–Crippen MR) is 175 cm³/mol. The van der Waals surface area contributed by atoms with Crippen LogP contribution in [0.3, 0.4) is 0 Å². The van der Waals surface area contributed by atoms with Gasteiger partial charge in [0.05, 0.1) is 37.1 Å². The molecule has 10 heteroatoms. The van der Waals surface area contributed by atoms with Crippen LogP contribution in [0, 0.1) is 11.8 Å². The van der Waals surface area contributed by atoms with Gasteiger partial charge in [0.25, 0.3) is 0 Å². The van der Waals surface area contributed by atoms with Crippen LogP contribution in [0.5, 0.6) is 17.2 Å². The number of ketones is 1. The molecule has 0 saturated heterocycles. The lowest BCUT2D eigenvalue weighted by atomic mass is 9.61. The van der Waals surface area contributed by atoms with Gasteiger partial charge >= 0.3 is 0 Å². The fourth-order valence-electron chi connectivity index (χ4n) is 6.00. The summed E-state index contributed by atoms with van der Waals surface area (Å²) in [6, 6.07) is 27.8. The number of Topliss-reactive ketones (excluding diaryl/α,β-unsaturated/α-hetero) is 1. The molecule has 9 nitrogen and oxygen atoms in total. The highest BCUT2D eigenvalue weighted by Crippen LogP contribution is 2.47. The number of anilines is 2. The molecule has 0 aliphatic heterocycles. The van der Waals surface area contributed by atoms with Crippen molar-refractivity contribution < 1.29 is 33.7 Å². The van der Waals surface area contributed by atoms with E-state index in [1.54, 1.807) is 78.9 Å². The normalized spacial score (nSPS) is 20.8. The Labute approximate surface area is 272 Å². The molecule has 0 bridgehead atoms. The molecule has 5 rings (SSSR count). The summed E-state index contributed by atoms with van der Waals surface area (Å²) in [5, 5.41) is 18.0. The van der Waals surface area contributed by atoms with E-state index in [4.69, 9.17) is 25.8 Å². The van der Waals surface area contributed by atoms with Gasteiger partial charge in [0.2, 0.25) is 11.8 Å². The summed E-state index contributed by atoms with van der Waals surface area (Å²) in [6.07, 6.45) is -0.416. The molecule has 0 spiro atoms. The van der Waals surface area contributed by atoms with Gasteiger partial charge in [-0.15, -0.1) is 0 Å². The van der Waals surface area contributed by atoms with Gasteiger partial charge in [-0.3, -0.25) is 14.4 Å². The molecular formula is C36H35ClN2O7. The van der Waals surface area contributed by atoms with Crippen molar-refractivity contribution in [2.24, 2.45) is 11.8 Å². The van der Waals surface area contributed by atoms with Crippen molar-refractivity contribution in [3.05, 3.63) is 113 Å². The number of methoxy groups -OCH3 is 2. The van der Waals surface area contributed by atoms with Gasteiger partial charge < -0.3 is 30.0 Å².